The fourth-order valence-corrected chi connectivity index (χ4v) is 5.11. The van der Waals surface area contributed by atoms with E-state index in [-0.39, 0.29) is 16.8 Å². The molecule has 1 aliphatic heterocycles. The minimum atomic E-state index is -4.44. The predicted octanol–water partition coefficient (Wildman–Crippen LogP) is 4.79. The first-order valence-corrected chi connectivity index (χ1v) is 12.4. The van der Waals surface area contributed by atoms with Crippen molar-refractivity contribution in [3.8, 4) is 5.75 Å². The van der Waals surface area contributed by atoms with Crippen molar-refractivity contribution in [2.24, 2.45) is 0 Å². The lowest BCUT2D eigenvalue weighted by Gasteiger charge is -2.29. The van der Waals surface area contributed by atoms with Crippen LogP contribution < -0.4 is 9.46 Å². The van der Waals surface area contributed by atoms with Gasteiger partial charge >= 0.3 is 6.18 Å². The number of fused-ring (bicyclic) bond motifs is 1. The van der Waals surface area contributed by atoms with Gasteiger partial charge in [-0.1, -0.05) is 12.1 Å². The molecule has 0 saturated carbocycles. The summed E-state index contributed by atoms with van der Waals surface area (Å²) < 4.78 is 78.9. The first kappa shape index (κ1) is 24.9. The van der Waals surface area contributed by atoms with E-state index in [1.807, 2.05) is 0 Å². The number of nitrogens with one attached hydrogen (secondary N) is 1. The zero-order chi connectivity index (χ0) is 25.1. The monoisotopic (exact) mass is 507 g/mol. The van der Waals surface area contributed by atoms with Gasteiger partial charge in [-0.15, -0.1) is 0 Å². The van der Waals surface area contributed by atoms with E-state index in [0.717, 1.165) is 17.2 Å². The van der Waals surface area contributed by atoms with Crippen LogP contribution in [0.25, 0.3) is 0 Å². The number of aromatic nitrogens is 2. The van der Waals surface area contributed by atoms with Crippen molar-refractivity contribution in [3.63, 3.8) is 0 Å². The van der Waals surface area contributed by atoms with Gasteiger partial charge in [-0.05, 0) is 54.7 Å². The molecule has 2 heterocycles. The third-order valence-corrected chi connectivity index (χ3v) is 7.09. The van der Waals surface area contributed by atoms with Gasteiger partial charge in [0.1, 0.15) is 5.75 Å². The topological polar surface area (TPSA) is 90.4 Å². The maximum Gasteiger partial charge on any atom is 0.416 e. The van der Waals surface area contributed by atoms with Crippen molar-refractivity contribution in [2.45, 2.75) is 36.3 Å². The molecule has 1 aliphatic rings. The van der Waals surface area contributed by atoms with Crippen LogP contribution in [0, 0.1) is 0 Å². The second-order valence-corrected chi connectivity index (χ2v) is 9.76. The van der Waals surface area contributed by atoms with Gasteiger partial charge in [0.05, 0.1) is 17.1 Å². The molecule has 0 radical (unpaired) electrons. The average molecular weight is 508 g/mol. The minimum Gasteiger partial charge on any atom is -0.493 e. The quantitative estimate of drug-likeness (QED) is 0.441. The summed E-state index contributed by atoms with van der Waals surface area (Å²) in [5.74, 6) is 0.0797. The first-order valence-electron chi connectivity index (χ1n) is 10.9. The van der Waals surface area contributed by atoms with Crippen LogP contribution in [0.2, 0.25) is 0 Å². The molecular weight excluding hydrogens is 483 g/mol. The molecule has 1 atom stereocenters. The van der Waals surface area contributed by atoms with Crippen molar-refractivity contribution in [2.75, 3.05) is 25.0 Å². The maximum atomic E-state index is 13.4. The van der Waals surface area contributed by atoms with E-state index in [1.165, 1.54) is 36.7 Å². The van der Waals surface area contributed by atoms with Gasteiger partial charge in [-0.3, -0.25) is 0 Å². The molecule has 0 fully saturated rings. The van der Waals surface area contributed by atoms with E-state index < -0.39 is 21.8 Å². The number of halogens is 3. The highest BCUT2D eigenvalue weighted by Crippen LogP contribution is 2.42. The molecule has 0 aliphatic carbocycles. The Morgan fingerprint density at radius 1 is 1.11 bits per heavy atom. The molecule has 0 unspecified atom stereocenters. The molecular formula is C24H24F3N3O4S. The summed E-state index contributed by atoms with van der Waals surface area (Å²) in [6.07, 6.45) is -0.0589. The highest BCUT2D eigenvalue weighted by atomic mass is 32.2. The summed E-state index contributed by atoms with van der Waals surface area (Å²) in [6.45, 7) is 0.730. The molecule has 35 heavy (non-hydrogen) atoms. The summed E-state index contributed by atoms with van der Waals surface area (Å²) in [5, 5.41) is 0. The minimum absolute atomic E-state index is 0.0305. The number of methoxy groups -OCH3 is 1. The Morgan fingerprint density at radius 3 is 2.57 bits per heavy atom. The normalized spacial score (nSPS) is 15.8. The highest BCUT2D eigenvalue weighted by Gasteiger charge is 2.33. The Bertz CT molecular complexity index is 1280. The Labute approximate surface area is 201 Å². The van der Waals surface area contributed by atoms with Crippen LogP contribution in [-0.4, -0.2) is 38.7 Å². The van der Waals surface area contributed by atoms with Gasteiger partial charge in [-0.2, -0.15) is 13.2 Å². The van der Waals surface area contributed by atoms with Crippen molar-refractivity contribution < 1.29 is 31.1 Å². The lowest BCUT2D eigenvalue weighted by molar-refractivity contribution is -0.137. The molecule has 0 spiro atoms. The van der Waals surface area contributed by atoms with E-state index >= 15 is 0 Å². The van der Waals surface area contributed by atoms with Crippen LogP contribution in [-0.2, 0) is 27.4 Å². The summed E-state index contributed by atoms with van der Waals surface area (Å²) in [5.41, 5.74) is 1.38. The zero-order valence-electron chi connectivity index (χ0n) is 18.9. The van der Waals surface area contributed by atoms with Crippen LogP contribution >= 0.6 is 0 Å². The van der Waals surface area contributed by atoms with Gasteiger partial charge in [0.15, 0.2) is 0 Å². The number of hydrogen-bond donors (Lipinski definition) is 1. The number of alkyl halides is 3. The molecule has 0 saturated heterocycles. The second kappa shape index (κ2) is 10.2. The van der Waals surface area contributed by atoms with E-state index in [2.05, 4.69) is 14.7 Å². The molecule has 7 nitrogen and oxygen atoms in total. The number of hydrogen-bond acceptors (Lipinski definition) is 6. The average Bonchev–Trinajstić information content (AvgIpc) is 2.83. The molecule has 186 valence electrons. The first-order chi connectivity index (χ1) is 16.7. The van der Waals surface area contributed by atoms with Crippen LogP contribution in [0.15, 0.2) is 59.8 Å². The largest absolute Gasteiger partial charge is 0.493 e. The second-order valence-electron chi connectivity index (χ2n) is 8.07. The van der Waals surface area contributed by atoms with Gasteiger partial charge in [0, 0.05) is 43.7 Å². The number of rotatable bonds is 8. The Morgan fingerprint density at radius 2 is 1.86 bits per heavy atom. The van der Waals surface area contributed by atoms with Crippen molar-refractivity contribution >= 4 is 16.0 Å². The molecule has 11 heteroatoms. The summed E-state index contributed by atoms with van der Waals surface area (Å²) >= 11 is 0. The zero-order valence-corrected chi connectivity index (χ0v) is 19.7. The summed E-state index contributed by atoms with van der Waals surface area (Å²) in [6, 6.07) is 9.88. The van der Waals surface area contributed by atoms with Crippen LogP contribution in [0.3, 0.4) is 0 Å². The van der Waals surface area contributed by atoms with E-state index in [1.54, 1.807) is 19.2 Å². The molecule has 0 bridgehead atoms. The fraction of sp³-hybridized carbons (Fsp3) is 0.333. The van der Waals surface area contributed by atoms with Gasteiger partial charge < -0.3 is 9.47 Å². The number of aryl methyl sites for hydroxylation is 1. The Kier molecular flexibility index (Phi) is 7.27. The molecule has 0 amide bonds. The lowest BCUT2D eigenvalue weighted by Crippen LogP contribution is -2.19. The van der Waals surface area contributed by atoms with Crippen molar-refractivity contribution in [1.29, 1.82) is 0 Å². The maximum absolute atomic E-state index is 13.4. The number of nitrogens with zero attached hydrogens (tertiary/aromatic N) is 2. The number of anilines is 1. The van der Waals surface area contributed by atoms with Crippen LogP contribution in [0.5, 0.6) is 5.75 Å². The number of benzene rings is 2. The molecule has 3 aromatic rings. The molecule has 4 rings (SSSR count). The van der Waals surface area contributed by atoms with Gasteiger partial charge in [-0.25, -0.2) is 23.1 Å². The highest BCUT2D eigenvalue weighted by molar-refractivity contribution is 7.92. The van der Waals surface area contributed by atoms with Crippen LogP contribution in [0.1, 0.15) is 41.0 Å². The van der Waals surface area contributed by atoms with E-state index in [4.69, 9.17) is 9.47 Å². The smallest absolute Gasteiger partial charge is 0.416 e. The predicted molar refractivity (Wildman–Crippen MR) is 123 cm³/mol. The Hall–Kier alpha value is -3.18. The van der Waals surface area contributed by atoms with Gasteiger partial charge in [0.2, 0.25) is 5.95 Å². The Balaban J connectivity index is 1.68. The third kappa shape index (κ3) is 5.73. The number of ether oxygens (including phenoxy) is 2. The van der Waals surface area contributed by atoms with Gasteiger partial charge in [0.25, 0.3) is 10.0 Å². The van der Waals surface area contributed by atoms with Crippen molar-refractivity contribution in [1.82, 2.24) is 9.97 Å². The third-order valence-electron chi connectivity index (χ3n) is 5.77. The molecule has 1 aromatic heterocycles. The SMILES string of the molecule is COCCCc1cc(C(F)(F)F)ccc1[C@H]1CCOc2cc(S(=O)(=O)Nc3ncccn3)ccc21. The van der Waals surface area contributed by atoms with E-state index in [9.17, 15) is 21.6 Å². The van der Waals surface area contributed by atoms with Crippen LogP contribution in [0.4, 0.5) is 19.1 Å². The summed E-state index contributed by atoms with van der Waals surface area (Å²) in [7, 11) is -2.42. The number of sulfonamides is 1. The van der Waals surface area contributed by atoms with E-state index in [0.29, 0.717) is 43.8 Å². The molecule has 1 N–H and O–H groups in total. The standard InChI is InChI=1S/C24H24F3N3O4S/c1-33-12-2-4-16-14-17(24(25,26)27)5-7-19(16)20-9-13-34-22-15-18(6-8-21(20)22)35(31,32)30-23-28-10-3-11-29-23/h3,5-8,10-11,14-15,20H,2,4,9,12-13H2,1H3,(H,28,29,30)/t20-/m1/s1. The summed E-state index contributed by atoms with van der Waals surface area (Å²) in [4.78, 5) is 7.71. The fourth-order valence-electron chi connectivity index (χ4n) is 4.14. The molecule has 2 aromatic carbocycles. The van der Waals surface area contributed by atoms with Crippen molar-refractivity contribution in [3.05, 3.63) is 77.1 Å². The lowest BCUT2D eigenvalue weighted by atomic mass is 9.82.